The molecule has 0 spiro atoms. The third kappa shape index (κ3) is 4.00. The van der Waals surface area contributed by atoms with Gasteiger partial charge in [-0.2, -0.15) is 5.26 Å². The number of nitriles is 1. The molecule has 22 heavy (non-hydrogen) atoms. The molecule has 0 aromatic heterocycles. The fourth-order valence-corrected chi connectivity index (χ4v) is 2.52. The number of Topliss-reactive ketones (excluding diaryl/α,β-unsaturated/α-hetero) is 1. The van der Waals surface area contributed by atoms with Crippen molar-refractivity contribution < 1.29 is 9.53 Å². The highest BCUT2D eigenvalue weighted by molar-refractivity contribution is 8.13. The maximum Gasteiger partial charge on any atom is 0.183 e. The molecule has 0 amide bonds. The molecule has 1 aliphatic rings. The highest BCUT2D eigenvalue weighted by Gasteiger charge is 2.16. The van der Waals surface area contributed by atoms with E-state index in [1.807, 2.05) is 24.6 Å². The molecule has 1 aromatic carbocycles. The third-order valence-electron chi connectivity index (χ3n) is 3.31. The van der Waals surface area contributed by atoms with Gasteiger partial charge in [-0.25, -0.2) is 4.99 Å². The van der Waals surface area contributed by atoms with E-state index in [0.29, 0.717) is 29.6 Å². The van der Waals surface area contributed by atoms with Crippen molar-refractivity contribution in [2.45, 2.75) is 6.92 Å². The summed E-state index contributed by atoms with van der Waals surface area (Å²) in [5.74, 6) is -0.0103. The number of carbonyl (C=O) groups is 1. The number of rotatable bonds is 3. The molecule has 0 saturated carbocycles. The van der Waals surface area contributed by atoms with Crippen LogP contribution in [0.25, 0.3) is 0 Å². The predicted octanol–water partition coefficient (Wildman–Crippen LogP) is 2.15. The summed E-state index contributed by atoms with van der Waals surface area (Å²) in [4.78, 5) is 18.3. The van der Waals surface area contributed by atoms with Gasteiger partial charge in [0.1, 0.15) is 0 Å². The Morgan fingerprint density at radius 2 is 2.18 bits per heavy atom. The second-order valence-electron chi connectivity index (χ2n) is 4.72. The van der Waals surface area contributed by atoms with Gasteiger partial charge in [-0.05, 0) is 31.4 Å². The lowest BCUT2D eigenvalue weighted by molar-refractivity contribution is 0.101. The number of amidine groups is 1. The predicted molar refractivity (Wildman–Crippen MR) is 88.8 cm³/mol. The van der Waals surface area contributed by atoms with Crippen LogP contribution in [-0.4, -0.2) is 43.5 Å². The Kier molecular flexibility index (Phi) is 5.81. The summed E-state index contributed by atoms with van der Waals surface area (Å²) in [6, 6.07) is 5.48. The fraction of sp³-hybridized carbons (Fsp3) is 0.400. The first kappa shape index (κ1) is 16.3. The quantitative estimate of drug-likeness (QED) is 0.302. The number of aliphatic imine (C=N–C) groups is 1. The van der Waals surface area contributed by atoms with Crippen molar-refractivity contribution in [1.82, 2.24) is 5.32 Å². The molecule has 1 aliphatic heterocycles. The van der Waals surface area contributed by atoms with Crippen LogP contribution in [0.3, 0.4) is 0 Å². The number of ketones is 1. The summed E-state index contributed by atoms with van der Waals surface area (Å²) in [7, 11) is 0. The SMILES string of the molecule is CSC(=Nc1cc(C(C)=O)ccc1N1CCOCC1)NC#N. The average Bonchev–Trinajstić information content (AvgIpc) is 2.55. The zero-order valence-electron chi connectivity index (χ0n) is 12.6. The van der Waals surface area contributed by atoms with Crippen molar-refractivity contribution in [2.24, 2.45) is 4.99 Å². The molecule has 0 unspecified atom stereocenters. The van der Waals surface area contributed by atoms with Gasteiger partial charge in [-0.15, -0.1) is 0 Å². The zero-order chi connectivity index (χ0) is 15.9. The normalized spacial score (nSPS) is 15.3. The molecule has 0 radical (unpaired) electrons. The van der Waals surface area contributed by atoms with E-state index < -0.39 is 0 Å². The minimum Gasteiger partial charge on any atom is -0.378 e. The van der Waals surface area contributed by atoms with Crippen molar-refractivity contribution in [2.75, 3.05) is 37.5 Å². The monoisotopic (exact) mass is 318 g/mol. The molecular weight excluding hydrogens is 300 g/mol. The first-order chi connectivity index (χ1) is 10.7. The lowest BCUT2D eigenvalue weighted by atomic mass is 10.1. The molecule has 6 nitrogen and oxygen atoms in total. The Morgan fingerprint density at radius 1 is 1.45 bits per heavy atom. The van der Waals surface area contributed by atoms with Crippen LogP contribution in [0.4, 0.5) is 11.4 Å². The Labute approximate surface area is 134 Å². The number of morpholine rings is 1. The van der Waals surface area contributed by atoms with Crippen molar-refractivity contribution in [3.8, 4) is 6.19 Å². The van der Waals surface area contributed by atoms with Crippen molar-refractivity contribution in [3.05, 3.63) is 23.8 Å². The van der Waals surface area contributed by atoms with E-state index in [0.717, 1.165) is 18.8 Å². The van der Waals surface area contributed by atoms with Gasteiger partial charge in [0.05, 0.1) is 24.6 Å². The van der Waals surface area contributed by atoms with Crippen LogP contribution >= 0.6 is 11.8 Å². The molecule has 0 bridgehead atoms. The van der Waals surface area contributed by atoms with Gasteiger partial charge in [-0.1, -0.05) is 11.8 Å². The first-order valence-electron chi connectivity index (χ1n) is 6.91. The summed E-state index contributed by atoms with van der Waals surface area (Å²) < 4.78 is 5.37. The van der Waals surface area contributed by atoms with Gasteiger partial charge >= 0.3 is 0 Å². The number of benzene rings is 1. The molecule has 116 valence electrons. The first-order valence-corrected chi connectivity index (χ1v) is 8.13. The molecule has 1 N–H and O–H groups in total. The molecule has 1 aromatic rings. The van der Waals surface area contributed by atoms with Crippen LogP contribution in [-0.2, 0) is 4.74 Å². The van der Waals surface area contributed by atoms with Crippen molar-refractivity contribution >= 4 is 34.1 Å². The smallest absolute Gasteiger partial charge is 0.183 e. The van der Waals surface area contributed by atoms with Crippen LogP contribution in [0.1, 0.15) is 17.3 Å². The summed E-state index contributed by atoms with van der Waals surface area (Å²) in [6.45, 7) is 4.43. The van der Waals surface area contributed by atoms with E-state index >= 15 is 0 Å². The molecule has 1 heterocycles. The van der Waals surface area contributed by atoms with Crippen LogP contribution in [0.15, 0.2) is 23.2 Å². The summed E-state index contributed by atoms with van der Waals surface area (Å²) >= 11 is 1.35. The number of nitrogens with zero attached hydrogens (tertiary/aromatic N) is 3. The number of carbonyl (C=O) groups excluding carboxylic acids is 1. The largest absolute Gasteiger partial charge is 0.378 e. The Bertz CT molecular complexity index is 618. The standard InChI is InChI=1S/C15H18N4O2S/c1-11(20)12-3-4-14(19-5-7-21-8-6-19)13(9-12)18-15(22-2)17-10-16/h3-4,9H,5-8H2,1-2H3,(H,17,18). The van der Waals surface area contributed by atoms with Crippen LogP contribution in [0.2, 0.25) is 0 Å². The fourth-order valence-electron chi connectivity index (χ4n) is 2.19. The van der Waals surface area contributed by atoms with Gasteiger partial charge in [0.25, 0.3) is 0 Å². The van der Waals surface area contributed by atoms with Crippen molar-refractivity contribution in [3.63, 3.8) is 0 Å². The number of ether oxygens (including phenoxy) is 1. The number of nitrogens with one attached hydrogen (secondary N) is 1. The summed E-state index contributed by atoms with van der Waals surface area (Å²) in [5, 5.41) is 11.8. The highest BCUT2D eigenvalue weighted by atomic mass is 32.2. The van der Waals surface area contributed by atoms with Crippen LogP contribution in [0, 0.1) is 11.5 Å². The number of hydrogen-bond acceptors (Lipinski definition) is 6. The third-order valence-corrected chi connectivity index (χ3v) is 3.89. The highest BCUT2D eigenvalue weighted by Crippen LogP contribution is 2.31. The van der Waals surface area contributed by atoms with E-state index in [-0.39, 0.29) is 5.78 Å². The Balaban J connectivity index is 2.43. The van der Waals surface area contributed by atoms with Gasteiger partial charge in [0.2, 0.25) is 0 Å². The van der Waals surface area contributed by atoms with Gasteiger partial charge in [0.15, 0.2) is 17.1 Å². The van der Waals surface area contributed by atoms with Crippen molar-refractivity contribution in [1.29, 1.82) is 5.26 Å². The van der Waals surface area contributed by atoms with Gasteiger partial charge < -0.3 is 9.64 Å². The maximum atomic E-state index is 11.6. The van der Waals surface area contributed by atoms with Crippen LogP contribution < -0.4 is 10.2 Å². The molecule has 2 rings (SSSR count). The lowest BCUT2D eigenvalue weighted by Crippen LogP contribution is -2.36. The summed E-state index contributed by atoms with van der Waals surface area (Å²) in [5.41, 5.74) is 2.23. The molecule has 1 fully saturated rings. The molecule has 1 saturated heterocycles. The zero-order valence-corrected chi connectivity index (χ0v) is 13.4. The topological polar surface area (TPSA) is 77.7 Å². The summed E-state index contributed by atoms with van der Waals surface area (Å²) in [6.07, 6.45) is 3.71. The van der Waals surface area contributed by atoms with Gasteiger partial charge in [-0.3, -0.25) is 10.1 Å². The van der Waals surface area contributed by atoms with Gasteiger partial charge in [0, 0.05) is 18.7 Å². The minimum absolute atomic E-state index is 0.0103. The lowest BCUT2D eigenvalue weighted by Gasteiger charge is -2.30. The number of hydrogen-bond donors (Lipinski definition) is 1. The number of anilines is 1. The Morgan fingerprint density at radius 3 is 2.77 bits per heavy atom. The molecule has 7 heteroatoms. The molecular formula is C15H18N4O2S. The second-order valence-corrected chi connectivity index (χ2v) is 5.51. The van der Waals surface area contributed by atoms with Crippen LogP contribution in [0.5, 0.6) is 0 Å². The van der Waals surface area contributed by atoms with E-state index in [4.69, 9.17) is 10.00 Å². The minimum atomic E-state index is -0.0103. The second kappa shape index (κ2) is 7.82. The van der Waals surface area contributed by atoms with E-state index in [1.165, 1.54) is 18.7 Å². The average molecular weight is 318 g/mol. The van der Waals surface area contributed by atoms with E-state index in [2.05, 4.69) is 15.2 Å². The van der Waals surface area contributed by atoms with E-state index in [1.54, 1.807) is 6.07 Å². The molecule has 0 aliphatic carbocycles. The van der Waals surface area contributed by atoms with E-state index in [9.17, 15) is 4.79 Å². The molecule has 0 atom stereocenters. The number of thioether (sulfide) groups is 1. The maximum absolute atomic E-state index is 11.6. The Hall–Kier alpha value is -2.04.